The zero-order chi connectivity index (χ0) is 6.41. The van der Waals surface area contributed by atoms with Crippen molar-refractivity contribution < 1.29 is 6.22 Å². The molecule has 0 heterocycles. The van der Waals surface area contributed by atoms with Crippen LogP contribution in [-0.2, 0) is 4.79 Å². The van der Waals surface area contributed by atoms with E-state index in [0.29, 0.717) is 6.54 Å². The fourth-order valence-electron chi connectivity index (χ4n) is 0.331. The summed E-state index contributed by atoms with van der Waals surface area (Å²) in [6.45, 7) is 2.41. The van der Waals surface area contributed by atoms with E-state index < -0.39 is 0 Å². The van der Waals surface area contributed by atoms with Gasteiger partial charge in [-0.1, -0.05) is 0 Å². The van der Waals surface area contributed by atoms with Crippen LogP contribution in [0.25, 0.3) is 0 Å². The average Bonchev–Trinajstić information content (AvgIpc) is 1.68. The third kappa shape index (κ3) is 3.16. The van der Waals surface area contributed by atoms with Gasteiger partial charge in [0.1, 0.15) is 6.42 Å². The van der Waals surface area contributed by atoms with Gasteiger partial charge < -0.3 is 5.32 Å². The second-order valence-electron chi connectivity index (χ2n) is 1.29. The van der Waals surface area contributed by atoms with Gasteiger partial charge in [-0.3, -0.25) is 4.79 Å². The Bertz CT molecular complexity index is 119. The number of carbonyl (C=O) groups excluding carboxylic acids is 1. The van der Waals surface area contributed by atoms with Crippen molar-refractivity contribution in [2.24, 2.45) is 0 Å². The lowest BCUT2D eigenvalue weighted by atomic mass is 10.4. The van der Waals surface area contributed by atoms with Crippen molar-refractivity contribution in [3.05, 3.63) is 0 Å². The van der Waals surface area contributed by atoms with Crippen molar-refractivity contribution in [2.75, 3.05) is 6.54 Å². The van der Waals surface area contributed by atoms with Crippen LogP contribution in [0.3, 0.4) is 0 Å². The van der Waals surface area contributed by atoms with Gasteiger partial charge in [0.2, 0.25) is 5.91 Å². The minimum absolute atomic E-state index is 0. The fourth-order valence-corrected chi connectivity index (χ4v) is 0.331. The van der Waals surface area contributed by atoms with Gasteiger partial charge in [-0.2, -0.15) is 5.26 Å². The first-order valence-corrected chi connectivity index (χ1v) is 2.45. The highest BCUT2D eigenvalue weighted by atomic mass is 16.1. The minimum Gasteiger partial charge on any atom is -0.355 e. The maximum atomic E-state index is 10.3. The van der Waals surface area contributed by atoms with Gasteiger partial charge in [-0.15, -0.1) is 0 Å². The molecule has 0 radical (unpaired) electrons. The third-order valence-electron chi connectivity index (χ3n) is 0.614. The molecule has 0 aliphatic carbocycles. The first-order valence-electron chi connectivity index (χ1n) is 2.45. The second kappa shape index (κ2) is 4.13. The van der Waals surface area contributed by atoms with E-state index in [1.54, 1.807) is 6.07 Å². The zero-order valence-corrected chi connectivity index (χ0v) is 4.77. The zero-order valence-electron chi connectivity index (χ0n) is 4.77. The first kappa shape index (κ1) is 6.96. The largest absolute Gasteiger partial charge is 0.355 e. The summed E-state index contributed by atoms with van der Waals surface area (Å²) in [4.78, 5) is 10.3. The van der Waals surface area contributed by atoms with Crippen molar-refractivity contribution in [3.8, 4) is 6.07 Å². The lowest BCUT2D eigenvalue weighted by Gasteiger charge is -1.92. The van der Waals surface area contributed by atoms with E-state index in [1.165, 1.54) is 0 Å². The molecule has 8 heavy (non-hydrogen) atoms. The fraction of sp³-hybridized carbons (Fsp3) is 0.600. The number of nitrogens with one attached hydrogen (secondary N) is 1. The number of nitriles is 1. The lowest BCUT2D eigenvalue weighted by molar-refractivity contribution is -0.120. The summed E-state index contributed by atoms with van der Waals surface area (Å²) in [6.07, 6.45) is -0.0339. The highest BCUT2D eigenvalue weighted by Crippen LogP contribution is 1.71. The first-order chi connectivity index (χ1) is 3.81. The molecule has 0 unspecified atom stereocenters. The number of hydrogen-bond acceptors (Lipinski definition) is 2. The molecule has 0 atom stereocenters. The predicted molar refractivity (Wildman–Crippen MR) is 31.0 cm³/mol. The minimum atomic E-state index is -0.199. The van der Waals surface area contributed by atoms with Gasteiger partial charge in [0.15, 0.2) is 0 Å². The van der Waals surface area contributed by atoms with Crippen LogP contribution in [0.2, 0.25) is 0 Å². The molecule has 0 aromatic heterocycles. The van der Waals surface area contributed by atoms with Crippen LogP contribution >= 0.6 is 0 Å². The predicted octanol–water partition coefficient (Wildman–Crippen LogP) is 0.282. The molecule has 46 valence electrons. The van der Waals surface area contributed by atoms with E-state index in [4.69, 9.17) is 5.26 Å². The average molecular weight is 114 g/mol. The second-order valence-corrected chi connectivity index (χ2v) is 1.29. The summed E-state index contributed by atoms with van der Waals surface area (Å²) in [5, 5.41) is 10.4. The summed E-state index contributed by atoms with van der Waals surface area (Å²) in [5.74, 6) is -0.199. The highest BCUT2D eigenvalue weighted by Gasteiger charge is 1.93. The van der Waals surface area contributed by atoms with E-state index >= 15 is 0 Å². The van der Waals surface area contributed by atoms with Crippen molar-refractivity contribution >= 4 is 5.91 Å². The number of carbonyl (C=O) groups is 1. The molecule has 0 aromatic rings. The van der Waals surface area contributed by atoms with E-state index in [9.17, 15) is 4.79 Å². The molecule has 0 aliphatic rings. The molecule has 0 saturated heterocycles. The Hall–Kier alpha value is -1.04. The molecule has 3 heteroatoms. The smallest absolute Gasteiger partial charge is 0.234 e. The maximum Gasteiger partial charge on any atom is 0.234 e. The molecular formula is C5H10N2O. The Morgan fingerprint density at radius 3 is 3.00 bits per heavy atom. The van der Waals surface area contributed by atoms with Crippen molar-refractivity contribution in [1.82, 2.24) is 5.32 Å². The summed E-state index contributed by atoms with van der Waals surface area (Å²) in [6, 6.07) is 1.74. The van der Waals surface area contributed by atoms with Gasteiger partial charge in [0.05, 0.1) is 6.07 Å². The van der Waals surface area contributed by atoms with E-state index in [-0.39, 0.29) is 13.8 Å². The number of rotatable bonds is 2. The number of nitrogens with zero attached hydrogens (tertiary/aromatic N) is 1. The molecule has 0 bridgehead atoms. The third-order valence-corrected chi connectivity index (χ3v) is 0.614. The topological polar surface area (TPSA) is 52.9 Å². The van der Waals surface area contributed by atoms with Crippen LogP contribution in [0.5, 0.6) is 0 Å². The van der Waals surface area contributed by atoms with Gasteiger partial charge in [-0.25, -0.2) is 0 Å². The van der Waals surface area contributed by atoms with Crippen LogP contribution in [0.4, 0.5) is 0 Å². The SMILES string of the molecule is CCNC(=O)CC#N.[HH]. The standard InChI is InChI=1S/C5H8N2O.H2/c1-2-7-5(8)3-4-6;/h2-3H2,1H3,(H,7,8);1H. The molecule has 1 N–H and O–H groups in total. The molecular weight excluding hydrogens is 104 g/mol. The van der Waals surface area contributed by atoms with Crippen molar-refractivity contribution in [1.29, 1.82) is 5.26 Å². The van der Waals surface area contributed by atoms with Crippen LogP contribution in [0.15, 0.2) is 0 Å². The normalized spacial score (nSPS) is 7.50. The van der Waals surface area contributed by atoms with E-state index in [2.05, 4.69) is 5.32 Å². The molecule has 0 fully saturated rings. The monoisotopic (exact) mass is 114 g/mol. The Balaban J connectivity index is 0. The Morgan fingerprint density at radius 2 is 2.62 bits per heavy atom. The van der Waals surface area contributed by atoms with Gasteiger partial charge in [0, 0.05) is 7.97 Å². The molecule has 0 spiro atoms. The van der Waals surface area contributed by atoms with Crippen LogP contribution < -0.4 is 5.32 Å². The van der Waals surface area contributed by atoms with Gasteiger partial charge in [-0.05, 0) is 6.92 Å². The van der Waals surface area contributed by atoms with Crippen LogP contribution in [0, 0.1) is 11.3 Å². The highest BCUT2D eigenvalue weighted by molar-refractivity contribution is 5.77. The van der Waals surface area contributed by atoms with Gasteiger partial charge >= 0.3 is 0 Å². The molecule has 1 amide bonds. The van der Waals surface area contributed by atoms with Crippen LogP contribution in [-0.4, -0.2) is 12.5 Å². The molecule has 0 rings (SSSR count). The summed E-state index contributed by atoms with van der Waals surface area (Å²) >= 11 is 0. The van der Waals surface area contributed by atoms with Crippen molar-refractivity contribution in [3.63, 3.8) is 0 Å². The Kier molecular flexibility index (Phi) is 3.59. The van der Waals surface area contributed by atoms with Crippen molar-refractivity contribution in [2.45, 2.75) is 13.3 Å². The molecule has 0 aromatic carbocycles. The number of amides is 1. The van der Waals surface area contributed by atoms with Gasteiger partial charge in [0.25, 0.3) is 0 Å². The molecule has 0 saturated carbocycles. The van der Waals surface area contributed by atoms with Crippen LogP contribution in [0.1, 0.15) is 14.8 Å². The summed E-state index contributed by atoms with van der Waals surface area (Å²) < 4.78 is 0. The van der Waals surface area contributed by atoms with E-state index in [0.717, 1.165) is 0 Å². The quantitative estimate of drug-likeness (QED) is 0.560. The lowest BCUT2D eigenvalue weighted by Crippen LogP contribution is -2.21. The Morgan fingerprint density at radius 1 is 2.00 bits per heavy atom. The molecule has 0 aliphatic heterocycles. The molecule has 3 nitrogen and oxygen atoms in total. The number of hydrogen-bond donors (Lipinski definition) is 1. The maximum absolute atomic E-state index is 10.3. The van der Waals surface area contributed by atoms with E-state index in [1.807, 2.05) is 6.92 Å². The summed E-state index contributed by atoms with van der Waals surface area (Å²) in [7, 11) is 0. The summed E-state index contributed by atoms with van der Waals surface area (Å²) in [5.41, 5.74) is 0. The Labute approximate surface area is 49.8 Å².